The summed E-state index contributed by atoms with van der Waals surface area (Å²) in [5.41, 5.74) is 1.08. The number of hydrogen-bond donors (Lipinski definition) is 0. The van der Waals surface area contributed by atoms with Crippen LogP contribution in [0.5, 0.6) is 0 Å². The maximum Gasteiger partial charge on any atom is 0.146 e. The van der Waals surface area contributed by atoms with Crippen molar-refractivity contribution >= 4 is 34.2 Å². The van der Waals surface area contributed by atoms with Crippen molar-refractivity contribution in [3.8, 4) is 0 Å². The van der Waals surface area contributed by atoms with Gasteiger partial charge in [0, 0.05) is 19.6 Å². The zero-order valence-corrected chi connectivity index (χ0v) is 13.7. The number of nitrogens with zero attached hydrogens (tertiary/aromatic N) is 2. The van der Waals surface area contributed by atoms with Gasteiger partial charge in [0.15, 0.2) is 0 Å². The molecule has 3 nitrogen and oxygen atoms in total. The predicted molar refractivity (Wildman–Crippen MR) is 80.9 cm³/mol. The second kappa shape index (κ2) is 6.48. The Morgan fingerprint density at radius 3 is 2.83 bits per heavy atom. The molecule has 0 radical (unpaired) electrons. The molecule has 1 atom stereocenters. The first-order valence-electron chi connectivity index (χ1n) is 6.34. The molecule has 100 valence electrons. The summed E-state index contributed by atoms with van der Waals surface area (Å²) in [4.78, 5) is 9.07. The molecule has 1 unspecified atom stereocenters. The number of rotatable bonds is 4. The van der Waals surface area contributed by atoms with Crippen LogP contribution >= 0.6 is 34.2 Å². The molecule has 0 aliphatic carbocycles. The van der Waals surface area contributed by atoms with Crippen molar-refractivity contribution in [2.75, 3.05) is 13.2 Å². The minimum Gasteiger partial charge on any atom is -0.381 e. The van der Waals surface area contributed by atoms with Gasteiger partial charge < -0.3 is 4.74 Å². The van der Waals surface area contributed by atoms with Crippen LogP contribution < -0.4 is 0 Å². The molecule has 1 fully saturated rings. The highest BCUT2D eigenvalue weighted by Gasteiger charge is 2.19. The van der Waals surface area contributed by atoms with E-state index >= 15 is 0 Å². The van der Waals surface area contributed by atoms with Gasteiger partial charge in [-0.15, -0.1) is 0 Å². The third-order valence-corrected chi connectivity index (χ3v) is 4.75. The molecule has 1 aromatic heterocycles. The fraction of sp³-hybridized carbons (Fsp3) is 0.692. The first-order valence-corrected chi connectivity index (χ1v) is 7.80. The number of aromatic nitrogens is 2. The number of hydrogen-bond acceptors (Lipinski definition) is 3. The zero-order chi connectivity index (χ0) is 13.1. The average Bonchev–Trinajstić information content (AvgIpc) is 2.77. The Morgan fingerprint density at radius 1 is 1.44 bits per heavy atom. The summed E-state index contributed by atoms with van der Waals surface area (Å²) in [5, 5.41) is 0.593. The predicted octanol–water partition coefficient (Wildman–Crippen LogP) is 3.51. The van der Waals surface area contributed by atoms with E-state index in [2.05, 4.69) is 46.4 Å². The van der Waals surface area contributed by atoms with Gasteiger partial charge in [-0.2, -0.15) is 0 Å². The van der Waals surface area contributed by atoms with Crippen LogP contribution in [0.4, 0.5) is 0 Å². The molecule has 0 aromatic carbocycles. The lowest BCUT2D eigenvalue weighted by Gasteiger charge is -2.12. The van der Waals surface area contributed by atoms with E-state index in [0.29, 0.717) is 17.0 Å². The largest absolute Gasteiger partial charge is 0.381 e. The van der Waals surface area contributed by atoms with Gasteiger partial charge in [0.1, 0.15) is 11.0 Å². The van der Waals surface area contributed by atoms with Crippen LogP contribution in [0.2, 0.25) is 5.15 Å². The van der Waals surface area contributed by atoms with E-state index in [9.17, 15) is 0 Å². The van der Waals surface area contributed by atoms with E-state index in [1.165, 1.54) is 0 Å². The highest BCUT2D eigenvalue weighted by molar-refractivity contribution is 14.1. The van der Waals surface area contributed by atoms with Crippen LogP contribution in [-0.4, -0.2) is 23.2 Å². The van der Waals surface area contributed by atoms with Gasteiger partial charge in [0.05, 0.1) is 9.26 Å². The summed E-state index contributed by atoms with van der Waals surface area (Å²) in [5.74, 6) is 1.99. The Balaban J connectivity index is 2.17. The van der Waals surface area contributed by atoms with Crippen LogP contribution in [0.15, 0.2) is 0 Å². The number of ether oxygens (including phenoxy) is 1. The summed E-state index contributed by atoms with van der Waals surface area (Å²) >= 11 is 8.44. The van der Waals surface area contributed by atoms with Crippen LogP contribution in [0, 0.1) is 15.4 Å². The van der Waals surface area contributed by atoms with Gasteiger partial charge in [0.2, 0.25) is 0 Å². The number of halogens is 2. The molecule has 1 aliphatic heterocycles. The van der Waals surface area contributed by atoms with Crippen LogP contribution in [0.1, 0.15) is 31.8 Å². The topological polar surface area (TPSA) is 35.0 Å². The molecule has 1 saturated heterocycles. The van der Waals surface area contributed by atoms with Crippen molar-refractivity contribution in [3.05, 3.63) is 20.2 Å². The molecule has 1 aromatic rings. The van der Waals surface area contributed by atoms with Gasteiger partial charge in [0.25, 0.3) is 0 Å². The second-order valence-corrected chi connectivity index (χ2v) is 6.66. The van der Waals surface area contributed by atoms with Crippen molar-refractivity contribution < 1.29 is 4.74 Å². The first kappa shape index (κ1) is 14.5. The summed E-state index contributed by atoms with van der Waals surface area (Å²) in [6.07, 6.45) is 2.93. The van der Waals surface area contributed by atoms with E-state index in [1.54, 1.807) is 0 Å². The molecule has 5 heteroatoms. The Kier molecular flexibility index (Phi) is 5.21. The van der Waals surface area contributed by atoms with E-state index in [4.69, 9.17) is 16.3 Å². The quantitative estimate of drug-likeness (QED) is 0.592. The maximum absolute atomic E-state index is 6.20. The minimum atomic E-state index is 0.549. The fourth-order valence-corrected chi connectivity index (χ4v) is 2.80. The van der Waals surface area contributed by atoms with Crippen molar-refractivity contribution in [2.24, 2.45) is 11.8 Å². The highest BCUT2D eigenvalue weighted by atomic mass is 127. The smallest absolute Gasteiger partial charge is 0.146 e. The standard InChI is InChI=1S/C13H18ClIN2O/c1-8(2)5-10-12(15)13(14)17-11(16-10)6-9-3-4-18-7-9/h8-9H,3-7H2,1-2H3. The van der Waals surface area contributed by atoms with Crippen LogP contribution in [0.3, 0.4) is 0 Å². The van der Waals surface area contributed by atoms with E-state index < -0.39 is 0 Å². The molecular weight excluding hydrogens is 363 g/mol. The Labute approximate surface area is 127 Å². The minimum absolute atomic E-state index is 0.549. The second-order valence-electron chi connectivity index (χ2n) is 5.22. The van der Waals surface area contributed by atoms with Crippen LogP contribution in [0.25, 0.3) is 0 Å². The Morgan fingerprint density at radius 2 is 2.22 bits per heavy atom. The monoisotopic (exact) mass is 380 g/mol. The lowest BCUT2D eigenvalue weighted by Crippen LogP contribution is -2.11. The lowest BCUT2D eigenvalue weighted by molar-refractivity contribution is 0.185. The molecule has 0 N–H and O–H groups in total. The highest BCUT2D eigenvalue weighted by Crippen LogP contribution is 2.23. The normalized spacial score (nSPS) is 19.7. The molecule has 0 bridgehead atoms. The molecule has 18 heavy (non-hydrogen) atoms. The van der Waals surface area contributed by atoms with Gasteiger partial charge in [-0.25, -0.2) is 9.97 Å². The summed E-state index contributed by atoms with van der Waals surface area (Å²) in [6, 6.07) is 0. The zero-order valence-electron chi connectivity index (χ0n) is 10.7. The molecule has 2 rings (SSSR count). The molecule has 0 amide bonds. The summed E-state index contributed by atoms with van der Waals surface area (Å²) < 4.78 is 6.38. The average molecular weight is 381 g/mol. The van der Waals surface area contributed by atoms with Gasteiger partial charge >= 0.3 is 0 Å². The third-order valence-electron chi connectivity index (χ3n) is 3.02. The lowest BCUT2D eigenvalue weighted by atomic mass is 10.0. The molecule has 0 saturated carbocycles. The SMILES string of the molecule is CC(C)Cc1nc(CC2CCOC2)nc(Cl)c1I. The van der Waals surface area contributed by atoms with Gasteiger partial charge in [-0.1, -0.05) is 25.4 Å². The van der Waals surface area contributed by atoms with Crippen molar-refractivity contribution in [2.45, 2.75) is 33.1 Å². The fourth-order valence-electron chi connectivity index (χ4n) is 2.13. The maximum atomic E-state index is 6.20. The Hall–Kier alpha value is 0.0600. The first-order chi connectivity index (χ1) is 8.56. The molecule has 0 spiro atoms. The van der Waals surface area contributed by atoms with Crippen molar-refractivity contribution in [3.63, 3.8) is 0 Å². The van der Waals surface area contributed by atoms with E-state index in [-0.39, 0.29) is 0 Å². The van der Waals surface area contributed by atoms with E-state index in [1.807, 2.05) is 0 Å². The molecule has 2 heterocycles. The Bertz CT molecular complexity index is 420. The molecule has 1 aliphatic rings. The van der Waals surface area contributed by atoms with Crippen LogP contribution in [-0.2, 0) is 17.6 Å². The summed E-state index contributed by atoms with van der Waals surface area (Å²) in [6.45, 7) is 6.07. The molecular formula is C13H18ClIN2O. The van der Waals surface area contributed by atoms with Gasteiger partial charge in [-0.3, -0.25) is 0 Å². The van der Waals surface area contributed by atoms with E-state index in [0.717, 1.165) is 47.6 Å². The van der Waals surface area contributed by atoms with Gasteiger partial charge in [-0.05, 0) is 47.3 Å². The van der Waals surface area contributed by atoms with Crippen molar-refractivity contribution in [1.29, 1.82) is 0 Å². The third kappa shape index (κ3) is 3.78. The summed E-state index contributed by atoms with van der Waals surface area (Å²) in [7, 11) is 0. The van der Waals surface area contributed by atoms with Crippen molar-refractivity contribution in [1.82, 2.24) is 9.97 Å².